The number of rotatable bonds is 1. The van der Waals surface area contributed by atoms with Crippen molar-refractivity contribution in [2.75, 3.05) is 0 Å². The number of hydrogen-bond acceptors (Lipinski definition) is 0. The van der Waals surface area contributed by atoms with E-state index in [-0.39, 0.29) is 0 Å². The summed E-state index contributed by atoms with van der Waals surface area (Å²) in [7, 11) is 0. The summed E-state index contributed by atoms with van der Waals surface area (Å²) in [5.41, 5.74) is 1.75. The third kappa shape index (κ3) is 2.74. The molecule has 84 valence electrons. The lowest BCUT2D eigenvalue weighted by Gasteiger charge is -2.19. The minimum absolute atomic E-state index is 0.928. The molecule has 0 aromatic rings. The zero-order valence-corrected chi connectivity index (χ0v) is 10.0. The lowest BCUT2D eigenvalue weighted by Crippen LogP contribution is -2.08. The minimum Gasteiger partial charge on any atom is -0.0845 e. The molecule has 2 aliphatic carbocycles. The average molecular weight is 204 g/mol. The highest BCUT2D eigenvalue weighted by Gasteiger charge is 2.29. The van der Waals surface area contributed by atoms with Gasteiger partial charge in [0.2, 0.25) is 0 Å². The third-order valence-corrected chi connectivity index (χ3v) is 4.21. The second kappa shape index (κ2) is 5.53. The zero-order valence-electron chi connectivity index (χ0n) is 10.0. The molecular weight excluding hydrogens is 180 g/mol. The molecule has 0 N–H and O–H groups in total. The van der Waals surface area contributed by atoms with Crippen molar-refractivity contribution < 1.29 is 0 Å². The van der Waals surface area contributed by atoms with Gasteiger partial charge in [-0.05, 0) is 43.9 Å². The van der Waals surface area contributed by atoms with Crippen LogP contribution in [0.3, 0.4) is 0 Å². The molecule has 0 aromatic heterocycles. The van der Waals surface area contributed by atoms with E-state index in [0.717, 1.165) is 11.8 Å². The minimum atomic E-state index is 0.928. The maximum Gasteiger partial charge on any atom is -0.0172 e. The number of allylic oxidation sites excluding steroid dienone is 4. The van der Waals surface area contributed by atoms with E-state index in [2.05, 4.69) is 25.2 Å². The van der Waals surface area contributed by atoms with E-state index in [1.807, 2.05) is 0 Å². The molecule has 0 amide bonds. The van der Waals surface area contributed by atoms with Crippen molar-refractivity contribution in [3.63, 3.8) is 0 Å². The highest BCUT2D eigenvalue weighted by molar-refractivity contribution is 5.20. The summed E-state index contributed by atoms with van der Waals surface area (Å²) in [5, 5.41) is 0. The van der Waals surface area contributed by atoms with Gasteiger partial charge in [0.05, 0.1) is 0 Å². The summed E-state index contributed by atoms with van der Waals surface area (Å²) in [5.74, 6) is 1.92. The number of hydrogen-bond donors (Lipinski definition) is 0. The second-order valence-corrected chi connectivity index (χ2v) is 5.12. The quantitative estimate of drug-likeness (QED) is 0.571. The number of fused-ring (bicyclic) bond motifs is 1. The maximum atomic E-state index is 2.42. The van der Waals surface area contributed by atoms with E-state index in [9.17, 15) is 0 Å². The van der Waals surface area contributed by atoms with Crippen molar-refractivity contribution in [2.45, 2.75) is 58.3 Å². The Morgan fingerprint density at radius 3 is 3.00 bits per heavy atom. The average Bonchev–Trinajstić information content (AvgIpc) is 2.66. The van der Waals surface area contributed by atoms with E-state index < -0.39 is 0 Å². The Labute approximate surface area is 94.5 Å². The van der Waals surface area contributed by atoms with Crippen molar-refractivity contribution in [2.24, 2.45) is 11.8 Å². The van der Waals surface area contributed by atoms with Gasteiger partial charge >= 0.3 is 0 Å². The Bertz CT molecular complexity index is 247. The van der Waals surface area contributed by atoms with Crippen molar-refractivity contribution in [1.29, 1.82) is 0 Å². The van der Waals surface area contributed by atoms with Gasteiger partial charge in [-0.3, -0.25) is 0 Å². The first-order valence-corrected chi connectivity index (χ1v) is 6.77. The van der Waals surface area contributed by atoms with Gasteiger partial charge in [0, 0.05) is 0 Å². The fourth-order valence-corrected chi connectivity index (χ4v) is 3.25. The van der Waals surface area contributed by atoms with Crippen LogP contribution in [0.5, 0.6) is 0 Å². The van der Waals surface area contributed by atoms with Gasteiger partial charge in [-0.25, -0.2) is 0 Å². The van der Waals surface area contributed by atoms with Gasteiger partial charge in [0.1, 0.15) is 0 Å². The Balaban J connectivity index is 2.09. The van der Waals surface area contributed by atoms with Crippen LogP contribution in [0.1, 0.15) is 58.3 Å². The highest BCUT2D eigenvalue weighted by atomic mass is 14.3. The van der Waals surface area contributed by atoms with Crippen molar-refractivity contribution >= 4 is 0 Å². The molecule has 1 fully saturated rings. The van der Waals surface area contributed by atoms with Crippen molar-refractivity contribution in [3.05, 3.63) is 23.8 Å². The summed E-state index contributed by atoms with van der Waals surface area (Å²) in [6.45, 7) is 2.36. The topological polar surface area (TPSA) is 0 Å². The first kappa shape index (κ1) is 11.0. The predicted octanol–water partition coefficient (Wildman–Crippen LogP) is 4.87. The molecule has 0 aliphatic heterocycles. The van der Waals surface area contributed by atoms with E-state index in [4.69, 9.17) is 0 Å². The van der Waals surface area contributed by atoms with Crippen LogP contribution in [0, 0.1) is 11.8 Å². The normalized spacial score (nSPS) is 37.8. The van der Waals surface area contributed by atoms with Crippen LogP contribution in [-0.2, 0) is 0 Å². The Kier molecular flexibility index (Phi) is 4.05. The molecule has 1 saturated carbocycles. The van der Waals surface area contributed by atoms with E-state index in [0.29, 0.717) is 0 Å². The third-order valence-electron chi connectivity index (χ3n) is 4.21. The second-order valence-electron chi connectivity index (χ2n) is 5.12. The first-order chi connectivity index (χ1) is 7.42. The smallest absolute Gasteiger partial charge is 0.0172 e. The molecule has 2 atom stereocenters. The fraction of sp³-hybridized carbons (Fsp3) is 0.733. The molecule has 0 heterocycles. The summed E-state index contributed by atoms with van der Waals surface area (Å²) in [4.78, 5) is 0. The van der Waals surface area contributed by atoms with E-state index in [1.165, 1.54) is 51.4 Å². The Morgan fingerprint density at radius 2 is 2.13 bits per heavy atom. The van der Waals surface area contributed by atoms with Crippen LogP contribution < -0.4 is 0 Å². The van der Waals surface area contributed by atoms with Crippen LogP contribution in [0.15, 0.2) is 23.8 Å². The van der Waals surface area contributed by atoms with Crippen LogP contribution in [0.4, 0.5) is 0 Å². The molecular formula is C15H24. The van der Waals surface area contributed by atoms with Crippen LogP contribution in [0.2, 0.25) is 0 Å². The van der Waals surface area contributed by atoms with Gasteiger partial charge < -0.3 is 0 Å². The largest absolute Gasteiger partial charge is 0.0845 e. The van der Waals surface area contributed by atoms with Gasteiger partial charge in [-0.2, -0.15) is 0 Å². The molecule has 2 aliphatic rings. The standard InChI is InChI=1S/C15H24/c1-2-13-11-12-14-9-7-5-3-4-6-8-10-15(13)14/h5,7,9,13,15H,2-4,6,8,10-12H2,1H3/b7-5+,14-9-. The Hall–Kier alpha value is -0.520. The molecule has 0 radical (unpaired) electrons. The Morgan fingerprint density at radius 1 is 1.20 bits per heavy atom. The van der Waals surface area contributed by atoms with Gasteiger partial charge in [0.25, 0.3) is 0 Å². The molecule has 2 rings (SSSR count). The van der Waals surface area contributed by atoms with Crippen molar-refractivity contribution in [3.8, 4) is 0 Å². The van der Waals surface area contributed by atoms with Crippen LogP contribution in [-0.4, -0.2) is 0 Å². The molecule has 0 heteroatoms. The molecule has 0 saturated heterocycles. The van der Waals surface area contributed by atoms with Gasteiger partial charge in [-0.15, -0.1) is 0 Å². The van der Waals surface area contributed by atoms with Gasteiger partial charge in [-0.1, -0.05) is 50.0 Å². The zero-order chi connectivity index (χ0) is 10.5. The van der Waals surface area contributed by atoms with Gasteiger partial charge in [0.15, 0.2) is 0 Å². The highest BCUT2D eigenvalue weighted by Crippen LogP contribution is 2.41. The molecule has 0 aromatic carbocycles. The molecule has 15 heavy (non-hydrogen) atoms. The van der Waals surface area contributed by atoms with E-state index in [1.54, 1.807) is 5.57 Å². The lowest BCUT2D eigenvalue weighted by molar-refractivity contribution is 0.374. The summed E-state index contributed by atoms with van der Waals surface area (Å²) < 4.78 is 0. The monoisotopic (exact) mass is 204 g/mol. The summed E-state index contributed by atoms with van der Waals surface area (Å²) in [6.07, 6.45) is 18.3. The maximum absolute atomic E-state index is 2.42. The lowest BCUT2D eigenvalue weighted by atomic mass is 9.86. The van der Waals surface area contributed by atoms with E-state index >= 15 is 0 Å². The summed E-state index contributed by atoms with van der Waals surface area (Å²) in [6, 6.07) is 0. The molecule has 0 spiro atoms. The van der Waals surface area contributed by atoms with Crippen LogP contribution in [0.25, 0.3) is 0 Å². The van der Waals surface area contributed by atoms with Crippen molar-refractivity contribution in [1.82, 2.24) is 0 Å². The molecule has 0 nitrogen and oxygen atoms in total. The van der Waals surface area contributed by atoms with Crippen LogP contribution >= 0.6 is 0 Å². The fourth-order valence-electron chi connectivity index (χ4n) is 3.25. The first-order valence-electron chi connectivity index (χ1n) is 6.77. The SMILES string of the molecule is CCC1CC/C2=C/C=C/CCCCCC21. The molecule has 2 unspecified atom stereocenters. The summed E-state index contributed by atoms with van der Waals surface area (Å²) >= 11 is 0. The predicted molar refractivity (Wildman–Crippen MR) is 66.8 cm³/mol. The molecule has 0 bridgehead atoms.